The zero-order valence-electron chi connectivity index (χ0n) is 8.41. The van der Waals surface area contributed by atoms with E-state index in [0.29, 0.717) is 11.3 Å². The van der Waals surface area contributed by atoms with Crippen molar-refractivity contribution >= 4 is 5.69 Å². The molecule has 1 aromatic carbocycles. The number of methoxy groups -OCH3 is 1. The molecule has 82 valence electrons. The molecule has 0 atom stereocenters. The van der Waals surface area contributed by atoms with Crippen LogP contribution in [0.5, 0.6) is 5.75 Å². The number of nitrogens with zero attached hydrogens (tertiary/aromatic N) is 2. The highest BCUT2D eigenvalue weighted by molar-refractivity contribution is 5.68. The summed E-state index contributed by atoms with van der Waals surface area (Å²) in [6.45, 7) is 0. The molecule has 0 fully saturated rings. The van der Waals surface area contributed by atoms with Crippen LogP contribution in [0.15, 0.2) is 35.1 Å². The van der Waals surface area contributed by atoms with Crippen LogP contribution in [0.1, 0.15) is 0 Å². The molecule has 0 unspecified atom stereocenters. The zero-order chi connectivity index (χ0) is 11.5. The van der Waals surface area contributed by atoms with Crippen LogP contribution in [0.25, 0.3) is 11.5 Å². The van der Waals surface area contributed by atoms with Gasteiger partial charge in [0.1, 0.15) is 17.6 Å². The Kier molecular flexibility index (Phi) is 2.55. The monoisotopic (exact) mass is 220 g/mol. The average molecular weight is 220 g/mol. The van der Waals surface area contributed by atoms with Crippen molar-refractivity contribution in [3.05, 3.63) is 40.8 Å². The summed E-state index contributed by atoms with van der Waals surface area (Å²) in [6, 6.07) is 4.49. The predicted molar refractivity (Wildman–Crippen MR) is 55.1 cm³/mol. The van der Waals surface area contributed by atoms with Crippen LogP contribution in [0, 0.1) is 10.1 Å². The number of ether oxygens (including phenoxy) is 1. The van der Waals surface area contributed by atoms with E-state index in [-0.39, 0.29) is 11.6 Å². The van der Waals surface area contributed by atoms with Crippen molar-refractivity contribution in [2.45, 2.75) is 0 Å². The second kappa shape index (κ2) is 4.01. The van der Waals surface area contributed by atoms with E-state index in [0.717, 1.165) is 0 Å². The summed E-state index contributed by atoms with van der Waals surface area (Å²) in [6.07, 6.45) is 2.80. The first-order valence-corrected chi connectivity index (χ1v) is 4.44. The van der Waals surface area contributed by atoms with Crippen molar-refractivity contribution in [1.82, 2.24) is 4.98 Å². The van der Waals surface area contributed by atoms with E-state index in [1.807, 2.05) is 0 Å². The Morgan fingerprint density at radius 2 is 2.31 bits per heavy atom. The summed E-state index contributed by atoms with van der Waals surface area (Å²) in [5, 5.41) is 10.9. The molecule has 6 heteroatoms. The number of hydrogen-bond acceptors (Lipinski definition) is 5. The van der Waals surface area contributed by atoms with Gasteiger partial charge in [0.05, 0.1) is 24.3 Å². The largest absolute Gasteiger partial charge is 0.497 e. The maximum absolute atomic E-state index is 10.9. The molecule has 0 spiro atoms. The maximum atomic E-state index is 10.9. The van der Waals surface area contributed by atoms with Crippen LogP contribution in [0.3, 0.4) is 0 Å². The number of nitro groups is 1. The first-order valence-electron chi connectivity index (χ1n) is 4.44. The molecule has 6 nitrogen and oxygen atoms in total. The van der Waals surface area contributed by atoms with E-state index in [4.69, 9.17) is 9.15 Å². The fourth-order valence-electron chi connectivity index (χ4n) is 1.33. The SMILES string of the molecule is COc1ccc(-c2ncco2)c([N+](=O)[O-])c1. The lowest BCUT2D eigenvalue weighted by Crippen LogP contribution is -1.93. The summed E-state index contributed by atoms with van der Waals surface area (Å²) in [4.78, 5) is 14.2. The molecule has 0 radical (unpaired) electrons. The van der Waals surface area contributed by atoms with Gasteiger partial charge in [0.25, 0.3) is 5.69 Å². The smallest absolute Gasteiger partial charge is 0.285 e. The van der Waals surface area contributed by atoms with E-state index in [9.17, 15) is 10.1 Å². The predicted octanol–water partition coefficient (Wildman–Crippen LogP) is 2.26. The highest BCUT2D eigenvalue weighted by atomic mass is 16.6. The number of benzene rings is 1. The van der Waals surface area contributed by atoms with E-state index in [2.05, 4.69) is 4.98 Å². The van der Waals surface area contributed by atoms with Crippen LogP contribution in [0.4, 0.5) is 5.69 Å². The van der Waals surface area contributed by atoms with Gasteiger partial charge in [0.15, 0.2) is 0 Å². The minimum atomic E-state index is -0.498. The maximum Gasteiger partial charge on any atom is 0.285 e. The standard InChI is InChI=1S/C10H8N2O4/c1-15-7-2-3-8(9(6-7)12(13)14)10-11-4-5-16-10/h2-6H,1H3. The van der Waals surface area contributed by atoms with E-state index in [1.54, 1.807) is 12.1 Å². The van der Waals surface area contributed by atoms with Crippen molar-refractivity contribution in [1.29, 1.82) is 0 Å². The molecule has 0 amide bonds. The van der Waals surface area contributed by atoms with Gasteiger partial charge < -0.3 is 9.15 Å². The van der Waals surface area contributed by atoms with Crippen molar-refractivity contribution in [2.75, 3.05) is 7.11 Å². The Hall–Kier alpha value is -2.37. The van der Waals surface area contributed by atoms with Crippen LogP contribution in [0.2, 0.25) is 0 Å². The third-order valence-electron chi connectivity index (χ3n) is 2.06. The zero-order valence-corrected chi connectivity index (χ0v) is 8.41. The van der Waals surface area contributed by atoms with Crippen molar-refractivity contribution in [2.24, 2.45) is 0 Å². The molecular formula is C10H8N2O4. The summed E-state index contributed by atoms with van der Waals surface area (Å²) < 4.78 is 9.95. The molecule has 0 saturated heterocycles. The van der Waals surface area contributed by atoms with Crippen molar-refractivity contribution in [3.8, 4) is 17.2 Å². The van der Waals surface area contributed by atoms with Gasteiger partial charge in [-0.2, -0.15) is 0 Å². The second-order valence-electron chi connectivity index (χ2n) is 2.98. The summed E-state index contributed by atoms with van der Waals surface area (Å²) in [5.74, 6) is 0.636. The summed E-state index contributed by atoms with van der Waals surface area (Å²) in [7, 11) is 1.45. The van der Waals surface area contributed by atoms with Crippen LogP contribution >= 0.6 is 0 Å². The fraction of sp³-hybridized carbons (Fsp3) is 0.100. The number of rotatable bonds is 3. The van der Waals surface area contributed by atoms with Gasteiger partial charge in [-0.1, -0.05) is 0 Å². The van der Waals surface area contributed by atoms with Gasteiger partial charge in [-0.15, -0.1) is 0 Å². The average Bonchev–Trinajstić information content (AvgIpc) is 2.81. The molecule has 1 aromatic heterocycles. The molecule has 0 aliphatic carbocycles. The molecule has 2 aromatic rings. The quantitative estimate of drug-likeness (QED) is 0.585. The van der Waals surface area contributed by atoms with Gasteiger partial charge >= 0.3 is 0 Å². The Labute approximate surface area is 90.6 Å². The minimum Gasteiger partial charge on any atom is -0.497 e. The van der Waals surface area contributed by atoms with Gasteiger partial charge in [-0.05, 0) is 12.1 Å². The Morgan fingerprint density at radius 3 is 2.88 bits per heavy atom. The Balaban J connectivity index is 2.57. The highest BCUT2D eigenvalue weighted by Gasteiger charge is 2.19. The third-order valence-corrected chi connectivity index (χ3v) is 2.06. The Bertz CT molecular complexity index is 508. The first kappa shape index (κ1) is 10.2. The number of aromatic nitrogens is 1. The number of hydrogen-bond donors (Lipinski definition) is 0. The lowest BCUT2D eigenvalue weighted by molar-refractivity contribution is -0.384. The molecule has 16 heavy (non-hydrogen) atoms. The van der Waals surface area contributed by atoms with E-state index in [1.165, 1.54) is 25.6 Å². The number of oxazole rings is 1. The molecular weight excluding hydrogens is 212 g/mol. The molecule has 2 rings (SSSR count). The lowest BCUT2D eigenvalue weighted by Gasteiger charge is -2.02. The molecule has 0 aliphatic heterocycles. The third kappa shape index (κ3) is 1.72. The molecule has 0 saturated carbocycles. The molecule has 0 bridgehead atoms. The highest BCUT2D eigenvalue weighted by Crippen LogP contribution is 2.31. The van der Waals surface area contributed by atoms with Crippen LogP contribution in [-0.2, 0) is 0 Å². The molecule has 1 heterocycles. The topological polar surface area (TPSA) is 78.4 Å². The van der Waals surface area contributed by atoms with Crippen LogP contribution < -0.4 is 4.74 Å². The van der Waals surface area contributed by atoms with Crippen LogP contribution in [-0.4, -0.2) is 17.0 Å². The number of nitro benzene ring substituents is 1. The van der Waals surface area contributed by atoms with Gasteiger partial charge in [0.2, 0.25) is 5.89 Å². The van der Waals surface area contributed by atoms with Gasteiger partial charge in [0, 0.05) is 0 Å². The molecule has 0 N–H and O–H groups in total. The molecule has 0 aliphatic rings. The van der Waals surface area contributed by atoms with E-state index < -0.39 is 4.92 Å². The van der Waals surface area contributed by atoms with Crippen molar-refractivity contribution < 1.29 is 14.1 Å². The fourth-order valence-corrected chi connectivity index (χ4v) is 1.33. The summed E-state index contributed by atoms with van der Waals surface area (Å²) >= 11 is 0. The van der Waals surface area contributed by atoms with Crippen molar-refractivity contribution in [3.63, 3.8) is 0 Å². The van der Waals surface area contributed by atoms with E-state index >= 15 is 0 Å². The van der Waals surface area contributed by atoms with Gasteiger partial charge in [-0.25, -0.2) is 4.98 Å². The Morgan fingerprint density at radius 1 is 1.50 bits per heavy atom. The lowest BCUT2D eigenvalue weighted by atomic mass is 10.1. The normalized spacial score (nSPS) is 10.1. The second-order valence-corrected chi connectivity index (χ2v) is 2.98. The van der Waals surface area contributed by atoms with Gasteiger partial charge in [-0.3, -0.25) is 10.1 Å². The first-order chi connectivity index (χ1) is 7.72. The minimum absolute atomic E-state index is 0.0956. The summed E-state index contributed by atoms with van der Waals surface area (Å²) in [5.41, 5.74) is 0.234.